The highest BCUT2D eigenvalue weighted by Crippen LogP contribution is 2.11. The molecular weight excluding hydrogens is 264 g/mol. The van der Waals surface area contributed by atoms with Gasteiger partial charge in [0.05, 0.1) is 11.9 Å². The van der Waals surface area contributed by atoms with Crippen LogP contribution in [0.4, 0.5) is 10.5 Å². The van der Waals surface area contributed by atoms with Gasteiger partial charge in [-0.1, -0.05) is 0 Å². The summed E-state index contributed by atoms with van der Waals surface area (Å²) in [7, 11) is 0. The largest absolute Gasteiger partial charge is 0.480 e. The molecule has 2 heterocycles. The molecule has 106 valence electrons. The van der Waals surface area contributed by atoms with Crippen molar-refractivity contribution >= 4 is 23.6 Å². The number of carboxylic acid groups (broad SMARTS) is 1. The summed E-state index contributed by atoms with van der Waals surface area (Å²) >= 11 is 0. The van der Waals surface area contributed by atoms with Gasteiger partial charge in [-0.2, -0.15) is 0 Å². The number of aliphatic carboxylic acids is 1. The second-order valence-electron chi connectivity index (χ2n) is 4.47. The highest BCUT2D eigenvalue weighted by Gasteiger charge is 2.35. The first kappa shape index (κ1) is 13.8. The van der Waals surface area contributed by atoms with Crippen molar-refractivity contribution in [3.8, 4) is 0 Å². The summed E-state index contributed by atoms with van der Waals surface area (Å²) in [5, 5.41) is 14.0. The number of aromatic nitrogens is 1. The molecule has 1 atom stereocenters. The molecule has 1 aliphatic rings. The van der Waals surface area contributed by atoms with E-state index in [2.05, 4.69) is 15.6 Å². The SMILES string of the molecule is Cc1cncc(NC(=O)N2CC(=O)NCC2C(=O)O)c1. The Hall–Kier alpha value is -2.64. The van der Waals surface area contributed by atoms with Gasteiger partial charge in [0.1, 0.15) is 12.6 Å². The zero-order chi connectivity index (χ0) is 14.7. The van der Waals surface area contributed by atoms with Crippen LogP contribution >= 0.6 is 0 Å². The molecule has 3 amide bonds. The molecule has 0 radical (unpaired) electrons. The Morgan fingerprint density at radius 3 is 2.90 bits per heavy atom. The van der Waals surface area contributed by atoms with Crippen LogP contribution in [0.1, 0.15) is 5.56 Å². The Balaban J connectivity index is 2.13. The number of rotatable bonds is 2. The normalized spacial score (nSPS) is 18.4. The van der Waals surface area contributed by atoms with Crippen molar-refractivity contribution in [2.24, 2.45) is 0 Å². The maximum absolute atomic E-state index is 12.1. The Morgan fingerprint density at radius 1 is 1.50 bits per heavy atom. The van der Waals surface area contributed by atoms with Gasteiger partial charge in [-0.25, -0.2) is 9.59 Å². The number of piperazine rings is 1. The van der Waals surface area contributed by atoms with E-state index in [0.717, 1.165) is 10.5 Å². The van der Waals surface area contributed by atoms with Crippen molar-refractivity contribution < 1.29 is 19.5 Å². The number of hydrogen-bond donors (Lipinski definition) is 3. The second-order valence-corrected chi connectivity index (χ2v) is 4.47. The van der Waals surface area contributed by atoms with Gasteiger partial charge in [-0.3, -0.25) is 14.7 Å². The number of anilines is 1. The summed E-state index contributed by atoms with van der Waals surface area (Å²) in [5.74, 6) is -1.55. The summed E-state index contributed by atoms with van der Waals surface area (Å²) in [5.41, 5.74) is 1.30. The molecule has 20 heavy (non-hydrogen) atoms. The fourth-order valence-corrected chi connectivity index (χ4v) is 1.89. The number of carbonyl (C=O) groups is 3. The summed E-state index contributed by atoms with van der Waals surface area (Å²) < 4.78 is 0. The third-order valence-corrected chi connectivity index (χ3v) is 2.85. The molecule has 1 fully saturated rings. The molecule has 3 N–H and O–H groups in total. The molecule has 0 spiro atoms. The molecule has 1 unspecified atom stereocenters. The lowest BCUT2D eigenvalue weighted by Crippen LogP contribution is -2.60. The highest BCUT2D eigenvalue weighted by atomic mass is 16.4. The van der Waals surface area contributed by atoms with E-state index in [0.29, 0.717) is 5.69 Å². The summed E-state index contributed by atoms with van der Waals surface area (Å²) in [6, 6.07) is -0.0184. The number of hydrogen-bond acceptors (Lipinski definition) is 4. The quantitative estimate of drug-likeness (QED) is 0.694. The number of urea groups is 1. The minimum absolute atomic E-state index is 0.104. The fourth-order valence-electron chi connectivity index (χ4n) is 1.89. The van der Waals surface area contributed by atoms with Crippen molar-refractivity contribution in [2.75, 3.05) is 18.4 Å². The van der Waals surface area contributed by atoms with Crippen LogP contribution in [0, 0.1) is 6.92 Å². The van der Waals surface area contributed by atoms with E-state index in [1.54, 1.807) is 12.3 Å². The van der Waals surface area contributed by atoms with Crippen LogP contribution < -0.4 is 10.6 Å². The predicted molar refractivity (Wildman–Crippen MR) is 69.1 cm³/mol. The Kier molecular flexibility index (Phi) is 3.83. The van der Waals surface area contributed by atoms with Gasteiger partial charge in [-0.05, 0) is 18.6 Å². The number of carboxylic acids is 1. The van der Waals surface area contributed by atoms with Crippen molar-refractivity contribution in [1.29, 1.82) is 0 Å². The second kappa shape index (κ2) is 5.55. The first-order valence-corrected chi connectivity index (χ1v) is 5.96. The highest BCUT2D eigenvalue weighted by molar-refractivity contribution is 5.96. The zero-order valence-corrected chi connectivity index (χ0v) is 10.8. The van der Waals surface area contributed by atoms with Crippen LogP contribution in [0.3, 0.4) is 0 Å². The smallest absolute Gasteiger partial charge is 0.328 e. The van der Waals surface area contributed by atoms with Crippen LogP contribution in [0.25, 0.3) is 0 Å². The molecule has 8 nitrogen and oxygen atoms in total. The van der Waals surface area contributed by atoms with Gasteiger partial charge in [0, 0.05) is 12.7 Å². The molecule has 0 bridgehead atoms. The van der Waals surface area contributed by atoms with Crippen LogP contribution in [0.5, 0.6) is 0 Å². The van der Waals surface area contributed by atoms with Crippen molar-refractivity contribution in [1.82, 2.24) is 15.2 Å². The van der Waals surface area contributed by atoms with Gasteiger partial charge in [-0.15, -0.1) is 0 Å². The maximum Gasteiger partial charge on any atom is 0.328 e. The molecule has 1 aromatic heterocycles. The van der Waals surface area contributed by atoms with Crippen LogP contribution in [-0.4, -0.2) is 52.0 Å². The third kappa shape index (κ3) is 3.02. The van der Waals surface area contributed by atoms with Crippen LogP contribution in [0.2, 0.25) is 0 Å². The number of pyridine rings is 1. The van der Waals surface area contributed by atoms with E-state index in [-0.39, 0.29) is 19.0 Å². The maximum atomic E-state index is 12.1. The average Bonchev–Trinajstić information content (AvgIpc) is 2.38. The standard InChI is InChI=1S/C12H14N4O4/c1-7-2-8(4-13-3-7)15-12(20)16-6-10(17)14-5-9(16)11(18)19/h2-4,9H,5-6H2,1H3,(H,14,17)(H,15,20)(H,18,19). The van der Waals surface area contributed by atoms with Gasteiger partial charge in [0.2, 0.25) is 5.91 Å². The molecular formula is C12H14N4O4. The van der Waals surface area contributed by atoms with E-state index >= 15 is 0 Å². The predicted octanol–water partition coefficient (Wildman–Crippen LogP) is -0.193. The minimum atomic E-state index is -1.16. The third-order valence-electron chi connectivity index (χ3n) is 2.85. The van der Waals surface area contributed by atoms with Gasteiger partial charge in [0.25, 0.3) is 0 Å². The minimum Gasteiger partial charge on any atom is -0.480 e. The molecule has 1 aliphatic heterocycles. The van der Waals surface area contributed by atoms with Crippen molar-refractivity contribution in [3.63, 3.8) is 0 Å². The molecule has 1 saturated heterocycles. The summed E-state index contributed by atoms with van der Waals surface area (Å²) in [6.45, 7) is 1.42. The Labute approximate surface area is 114 Å². The number of amides is 3. The molecule has 0 aromatic carbocycles. The first-order chi connectivity index (χ1) is 9.47. The van der Waals surface area contributed by atoms with E-state index < -0.39 is 18.0 Å². The van der Waals surface area contributed by atoms with Crippen LogP contribution in [0.15, 0.2) is 18.5 Å². The van der Waals surface area contributed by atoms with Gasteiger partial charge in [0.15, 0.2) is 0 Å². The van der Waals surface area contributed by atoms with E-state index in [9.17, 15) is 14.4 Å². The van der Waals surface area contributed by atoms with Crippen LogP contribution in [-0.2, 0) is 9.59 Å². The number of carbonyl (C=O) groups excluding carboxylic acids is 2. The zero-order valence-electron chi connectivity index (χ0n) is 10.8. The molecule has 0 saturated carbocycles. The Morgan fingerprint density at radius 2 is 2.25 bits per heavy atom. The fraction of sp³-hybridized carbons (Fsp3) is 0.333. The van der Waals surface area contributed by atoms with Gasteiger partial charge < -0.3 is 15.7 Å². The van der Waals surface area contributed by atoms with E-state index in [1.807, 2.05) is 6.92 Å². The molecule has 8 heteroatoms. The first-order valence-electron chi connectivity index (χ1n) is 5.96. The monoisotopic (exact) mass is 278 g/mol. The summed E-state index contributed by atoms with van der Waals surface area (Å²) in [6.07, 6.45) is 3.08. The number of aryl methyl sites for hydroxylation is 1. The lowest BCUT2D eigenvalue weighted by molar-refractivity contribution is -0.144. The van der Waals surface area contributed by atoms with Crippen molar-refractivity contribution in [3.05, 3.63) is 24.0 Å². The van der Waals surface area contributed by atoms with Crippen molar-refractivity contribution in [2.45, 2.75) is 13.0 Å². The van der Waals surface area contributed by atoms with E-state index in [4.69, 9.17) is 5.11 Å². The lowest BCUT2D eigenvalue weighted by Gasteiger charge is -2.32. The molecule has 1 aromatic rings. The van der Waals surface area contributed by atoms with Gasteiger partial charge >= 0.3 is 12.0 Å². The molecule has 0 aliphatic carbocycles. The lowest BCUT2D eigenvalue weighted by atomic mass is 10.2. The molecule has 2 rings (SSSR count). The summed E-state index contributed by atoms with van der Waals surface area (Å²) in [4.78, 5) is 39.4. The van der Waals surface area contributed by atoms with E-state index in [1.165, 1.54) is 6.20 Å². The Bertz CT molecular complexity index is 560. The number of nitrogens with one attached hydrogen (secondary N) is 2. The topological polar surface area (TPSA) is 112 Å². The number of nitrogens with zero attached hydrogens (tertiary/aromatic N) is 2. The average molecular weight is 278 g/mol.